The first-order valence-electron chi connectivity index (χ1n) is 6.27. The van der Waals surface area contributed by atoms with Gasteiger partial charge in [-0.2, -0.15) is 0 Å². The summed E-state index contributed by atoms with van der Waals surface area (Å²) in [4.78, 5) is 11.8. The maximum atomic E-state index is 11.0. The number of anilines is 1. The highest BCUT2D eigenvalue weighted by Crippen LogP contribution is 2.30. The molecule has 1 N–H and O–H groups in total. The number of hydrogen-bond acceptors (Lipinski definition) is 5. The number of benzene rings is 1. The van der Waals surface area contributed by atoms with E-state index < -0.39 is 4.92 Å². The number of thiophene rings is 1. The molecule has 0 aliphatic heterocycles. The van der Waals surface area contributed by atoms with E-state index in [0.29, 0.717) is 18.0 Å². The highest BCUT2D eigenvalue weighted by molar-refractivity contribution is 7.10. The second-order valence-electron chi connectivity index (χ2n) is 4.22. The minimum absolute atomic E-state index is 0.0559. The highest BCUT2D eigenvalue weighted by Gasteiger charge is 2.15. The molecular formula is C14H16N2O3S. The molecule has 1 aromatic carbocycles. The fourth-order valence-corrected chi connectivity index (χ4v) is 2.87. The Bertz CT molecular complexity index is 610. The number of nitro benzene ring substituents is 1. The summed E-state index contributed by atoms with van der Waals surface area (Å²) in [6.45, 7) is 2.67. The number of methoxy groups -OCH3 is 1. The molecule has 6 heteroatoms. The van der Waals surface area contributed by atoms with E-state index in [0.717, 1.165) is 6.42 Å². The lowest BCUT2D eigenvalue weighted by Gasteiger charge is -2.09. The van der Waals surface area contributed by atoms with Crippen LogP contribution in [0.15, 0.2) is 29.6 Å². The van der Waals surface area contributed by atoms with Crippen LogP contribution in [0, 0.1) is 10.1 Å². The molecule has 0 saturated heterocycles. The van der Waals surface area contributed by atoms with Crippen LogP contribution < -0.4 is 10.1 Å². The number of nitrogens with zero attached hydrogens (tertiary/aromatic N) is 1. The molecule has 0 unspecified atom stereocenters. The summed E-state index contributed by atoms with van der Waals surface area (Å²) in [6, 6.07) is 6.78. The molecule has 0 radical (unpaired) electrons. The van der Waals surface area contributed by atoms with E-state index in [1.54, 1.807) is 30.6 Å². The Morgan fingerprint density at radius 3 is 2.85 bits per heavy atom. The topological polar surface area (TPSA) is 64.4 Å². The van der Waals surface area contributed by atoms with Gasteiger partial charge in [-0.1, -0.05) is 6.92 Å². The predicted octanol–water partition coefficient (Wildman–Crippen LogP) is 3.84. The molecule has 1 aromatic heterocycles. The van der Waals surface area contributed by atoms with E-state index in [4.69, 9.17) is 4.74 Å². The van der Waals surface area contributed by atoms with E-state index in [2.05, 4.69) is 18.3 Å². The van der Waals surface area contributed by atoms with Crippen LogP contribution in [-0.4, -0.2) is 12.0 Å². The average molecular weight is 292 g/mol. The molecule has 0 amide bonds. The van der Waals surface area contributed by atoms with Crippen molar-refractivity contribution in [3.05, 3.63) is 50.2 Å². The Labute approximate surface area is 121 Å². The van der Waals surface area contributed by atoms with Crippen molar-refractivity contribution >= 4 is 22.7 Å². The van der Waals surface area contributed by atoms with Crippen LogP contribution in [0.1, 0.15) is 17.4 Å². The lowest BCUT2D eigenvalue weighted by atomic mass is 10.2. The van der Waals surface area contributed by atoms with Crippen LogP contribution in [0.5, 0.6) is 5.75 Å². The lowest BCUT2D eigenvalue weighted by molar-refractivity contribution is -0.384. The number of hydrogen-bond donors (Lipinski definition) is 1. The van der Waals surface area contributed by atoms with Gasteiger partial charge in [0.25, 0.3) is 5.69 Å². The van der Waals surface area contributed by atoms with Crippen molar-refractivity contribution in [3.8, 4) is 5.75 Å². The lowest BCUT2D eigenvalue weighted by Crippen LogP contribution is -2.03. The van der Waals surface area contributed by atoms with Gasteiger partial charge in [-0.3, -0.25) is 10.1 Å². The molecule has 0 saturated carbocycles. The molecule has 0 atom stereocenters. The van der Waals surface area contributed by atoms with Crippen LogP contribution >= 0.6 is 11.3 Å². The molecule has 20 heavy (non-hydrogen) atoms. The van der Waals surface area contributed by atoms with Crippen molar-refractivity contribution in [1.82, 2.24) is 0 Å². The quantitative estimate of drug-likeness (QED) is 0.649. The SMILES string of the molecule is CCc1ccsc1CNc1cc(OC)ccc1[N+](=O)[O-]. The fraction of sp³-hybridized carbons (Fsp3) is 0.286. The van der Waals surface area contributed by atoms with Crippen molar-refractivity contribution in [2.75, 3.05) is 12.4 Å². The number of ether oxygens (including phenoxy) is 1. The molecule has 2 rings (SSSR count). The molecule has 0 aliphatic carbocycles. The number of nitro groups is 1. The van der Waals surface area contributed by atoms with Gasteiger partial charge >= 0.3 is 0 Å². The van der Waals surface area contributed by atoms with Crippen LogP contribution in [0.3, 0.4) is 0 Å². The van der Waals surface area contributed by atoms with Gasteiger partial charge in [0.15, 0.2) is 0 Å². The zero-order chi connectivity index (χ0) is 14.5. The van der Waals surface area contributed by atoms with Gasteiger partial charge < -0.3 is 10.1 Å². The van der Waals surface area contributed by atoms with Gasteiger partial charge in [-0.05, 0) is 29.5 Å². The minimum atomic E-state index is -0.392. The summed E-state index contributed by atoms with van der Waals surface area (Å²) >= 11 is 1.65. The molecule has 106 valence electrons. The Hall–Kier alpha value is -2.08. The maximum Gasteiger partial charge on any atom is 0.292 e. The second kappa shape index (κ2) is 6.38. The number of aryl methyl sites for hydroxylation is 1. The third kappa shape index (κ3) is 3.08. The summed E-state index contributed by atoms with van der Waals surface area (Å²) in [5, 5.41) is 16.2. The first kappa shape index (κ1) is 14.3. The molecule has 0 spiro atoms. The van der Waals surface area contributed by atoms with Crippen molar-refractivity contribution < 1.29 is 9.66 Å². The Kier molecular flexibility index (Phi) is 4.57. The molecule has 0 fully saturated rings. The summed E-state index contributed by atoms with van der Waals surface area (Å²) < 4.78 is 5.11. The number of nitrogens with one attached hydrogen (secondary N) is 1. The Balaban J connectivity index is 2.21. The molecule has 1 heterocycles. The van der Waals surface area contributed by atoms with Crippen LogP contribution in [0.25, 0.3) is 0 Å². The molecular weight excluding hydrogens is 276 g/mol. The van der Waals surface area contributed by atoms with Crippen LogP contribution in [0.4, 0.5) is 11.4 Å². The van der Waals surface area contributed by atoms with E-state index >= 15 is 0 Å². The monoisotopic (exact) mass is 292 g/mol. The standard InChI is InChI=1S/C14H16N2O3S/c1-3-10-6-7-20-14(10)9-15-12-8-11(19-2)4-5-13(12)16(17)18/h4-8,15H,3,9H2,1-2H3. The zero-order valence-electron chi connectivity index (χ0n) is 11.4. The van der Waals surface area contributed by atoms with Gasteiger partial charge in [0.05, 0.1) is 12.0 Å². The largest absolute Gasteiger partial charge is 0.497 e. The molecule has 2 aromatic rings. The van der Waals surface area contributed by atoms with Crippen LogP contribution in [-0.2, 0) is 13.0 Å². The van der Waals surface area contributed by atoms with E-state index in [1.807, 2.05) is 5.38 Å². The molecule has 5 nitrogen and oxygen atoms in total. The smallest absolute Gasteiger partial charge is 0.292 e. The van der Waals surface area contributed by atoms with E-state index in [1.165, 1.54) is 16.5 Å². The summed E-state index contributed by atoms with van der Waals surface area (Å²) in [5.41, 5.74) is 1.80. The van der Waals surface area contributed by atoms with Crippen molar-refractivity contribution in [1.29, 1.82) is 0 Å². The third-order valence-corrected chi connectivity index (χ3v) is 4.02. The average Bonchev–Trinajstić information content (AvgIpc) is 2.91. The number of rotatable bonds is 6. The predicted molar refractivity (Wildman–Crippen MR) is 80.7 cm³/mol. The third-order valence-electron chi connectivity index (χ3n) is 3.06. The molecule has 0 bridgehead atoms. The first-order valence-corrected chi connectivity index (χ1v) is 7.15. The minimum Gasteiger partial charge on any atom is -0.497 e. The van der Waals surface area contributed by atoms with E-state index in [-0.39, 0.29) is 5.69 Å². The Morgan fingerprint density at radius 2 is 2.20 bits per heavy atom. The maximum absolute atomic E-state index is 11.0. The normalized spacial score (nSPS) is 10.3. The van der Waals surface area contributed by atoms with Crippen molar-refractivity contribution in [3.63, 3.8) is 0 Å². The highest BCUT2D eigenvalue weighted by atomic mass is 32.1. The van der Waals surface area contributed by atoms with Gasteiger partial charge in [0, 0.05) is 23.6 Å². The summed E-state index contributed by atoms with van der Waals surface area (Å²) in [6.07, 6.45) is 0.959. The van der Waals surface area contributed by atoms with Gasteiger partial charge in [-0.15, -0.1) is 11.3 Å². The van der Waals surface area contributed by atoms with Crippen molar-refractivity contribution in [2.24, 2.45) is 0 Å². The summed E-state index contributed by atoms with van der Waals surface area (Å²) in [5.74, 6) is 0.597. The van der Waals surface area contributed by atoms with E-state index in [9.17, 15) is 10.1 Å². The second-order valence-corrected chi connectivity index (χ2v) is 5.22. The summed E-state index contributed by atoms with van der Waals surface area (Å²) in [7, 11) is 1.54. The fourth-order valence-electron chi connectivity index (χ4n) is 1.96. The van der Waals surface area contributed by atoms with Gasteiger partial charge in [-0.25, -0.2) is 0 Å². The molecule has 0 aliphatic rings. The first-order chi connectivity index (χ1) is 9.65. The van der Waals surface area contributed by atoms with Gasteiger partial charge in [0.1, 0.15) is 11.4 Å². The van der Waals surface area contributed by atoms with Crippen LogP contribution in [0.2, 0.25) is 0 Å². The zero-order valence-corrected chi connectivity index (χ0v) is 12.2. The van der Waals surface area contributed by atoms with Gasteiger partial charge in [0.2, 0.25) is 0 Å². The van der Waals surface area contributed by atoms with Crippen molar-refractivity contribution in [2.45, 2.75) is 19.9 Å². The Morgan fingerprint density at radius 1 is 1.40 bits per heavy atom.